The van der Waals surface area contributed by atoms with Gasteiger partial charge in [-0.05, 0) is 60.3 Å². The minimum absolute atomic E-state index is 0.458. The Balaban J connectivity index is 1.88. The number of benzene rings is 2. The fraction of sp³-hybridized carbons (Fsp3) is 0.294. The van der Waals surface area contributed by atoms with E-state index in [0.29, 0.717) is 6.04 Å². The highest BCUT2D eigenvalue weighted by molar-refractivity contribution is 9.10. The van der Waals surface area contributed by atoms with Crippen molar-refractivity contribution in [2.75, 3.05) is 5.32 Å². The van der Waals surface area contributed by atoms with Crippen LogP contribution in [-0.2, 0) is 6.42 Å². The molecule has 0 aliphatic heterocycles. The van der Waals surface area contributed by atoms with E-state index in [2.05, 4.69) is 77.6 Å². The molecule has 0 saturated heterocycles. The Morgan fingerprint density at radius 1 is 1.11 bits per heavy atom. The van der Waals surface area contributed by atoms with Crippen LogP contribution in [0.2, 0.25) is 0 Å². The van der Waals surface area contributed by atoms with Gasteiger partial charge in [0.05, 0.1) is 0 Å². The van der Waals surface area contributed by atoms with Crippen LogP contribution in [0.25, 0.3) is 0 Å². The summed E-state index contributed by atoms with van der Waals surface area (Å²) >= 11 is 3.57. The lowest BCUT2D eigenvalue weighted by atomic mass is 10.0. The van der Waals surface area contributed by atoms with E-state index in [0.717, 1.165) is 17.3 Å². The zero-order valence-corrected chi connectivity index (χ0v) is 13.1. The van der Waals surface area contributed by atoms with E-state index in [9.17, 15) is 0 Å². The Bertz CT molecular complexity index is 536. The van der Waals surface area contributed by atoms with Gasteiger partial charge in [-0.3, -0.25) is 0 Å². The molecule has 0 fully saturated rings. The molecule has 1 N–H and O–H groups in total. The average Bonchev–Trinajstić information content (AvgIpc) is 2.39. The largest absolute Gasteiger partial charge is 0.382 e. The summed E-state index contributed by atoms with van der Waals surface area (Å²) in [6, 6.07) is 17.5. The summed E-state index contributed by atoms with van der Waals surface area (Å²) in [4.78, 5) is 0. The second-order valence-electron chi connectivity index (χ2n) is 5.05. The zero-order valence-electron chi connectivity index (χ0n) is 11.5. The quantitative estimate of drug-likeness (QED) is 0.800. The van der Waals surface area contributed by atoms with Crippen LogP contribution in [0.3, 0.4) is 0 Å². The third-order valence-corrected chi connectivity index (χ3v) is 3.92. The van der Waals surface area contributed by atoms with Crippen LogP contribution in [0, 0.1) is 6.92 Å². The molecule has 0 amide bonds. The van der Waals surface area contributed by atoms with Crippen molar-refractivity contribution in [3.05, 3.63) is 64.1 Å². The maximum Gasteiger partial charge on any atom is 0.0486 e. The number of hydrogen-bond acceptors (Lipinski definition) is 1. The maximum atomic E-state index is 3.57. The summed E-state index contributed by atoms with van der Waals surface area (Å²) in [5, 5.41) is 3.55. The first-order valence-electron chi connectivity index (χ1n) is 6.72. The van der Waals surface area contributed by atoms with Gasteiger partial charge in [0.15, 0.2) is 0 Å². The minimum atomic E-state index is 0.458. The first-order chi connectivity index (χ1) is 9.15. The predicted molar refractivity (Wildman–Crippen MR) is 86.7 cm³/mol. The molecule has 0 heterocycles. The zero-order chi connectivity index (χ0) is 13.7. The Morgan fingerprint density at radius 2 is 1.89 bits per heavy atom. The fourth-order valence-corrected chi connectivity index (χ4v) is 2.57. The lowest BCUT2D eigenvalue weighted by Gasteiger charge is -2.16. The number of rotatable bonds is 5. The number of anilines is 1. The summed E-state index contributed by atoms with van der Waals surface area (Å²) in [7, 11) is 0. The SMILES string of the molecule is Cc1cccc(CCC(C)Nc2ccccc2Br)c1. The van der Waals surface area contributed by atoms with Crippen molar-refractivity contribution in [3.63, 3.8) is 0 Å². The van der Waals surface area contributed by atoms with Gasteiger partial charge in [0.1, 0.15) is 0 Å². The number of hydrogen-bond donors (Lipinski definition) is 1. The molecule has 0 bridgehead atoms. The number of halogens is 1. The lowest BCUT2D eigenvalue weighted by molar-refractivity contribution is 0.705. The number of aryl methyl sites for hydroxylation is 2. The van der Waals surface area contributed by atoms with Crippen LogP contribution >= 0.6 is 15.9 Å². The topological polar surface area (TPSA) is 12.0 Å². The van der Waals surface area contributed by atoms with E-state index in [1.165, 1.54) is 16.8 Å². The molecule has 0 saturated carbocycles. The van der Waals surface area contributed by atoms with E-state index < -0.39 is 0 Å². The molecule has 1 atom stereocenters. The highest BCUT2D eigenvalue weighted by Gasteiger charge is 2.05. The van der Waals surface area contributed by atoms with Gasteiger partial charge in [-0.2, -0.15) is 0 Å². The van der Waals surface area contributed by atoms with Crippen molar-refractivity contribution >= 4 is 21.6 Å². The van der Waals surface area contributed by atoms with Gasteiger partial charge in [0, 0.05) is 16.2 Å². The Morgan fingerprint density at radius 3 is 2.63 bits per heavy atom. The minimum Gasteiger partial charge on any atom is -0.382 e. The highest BCUT2D eigenvalue weighted by atomic mass is 79.9. The Hall–Kier alpha value is -1.28. The van der Waals surface area contributed by atoms with Gasteiger partial charge >= 0.3 is 0 Å². The van der Waals surface area contributed by atoms with Gasteiger partial charge in [-0.1, -0.05) is 42.0 Å². The normalized spacial score (nSPS) is 12.2. The average molecular weight is 318 g/mol. The molecule has 0 aliphatic carbocycles. The first-order valence-corrected chi connectivity index (χ1v) is 7.51. The molecule has 2 rings (SSSR count). The fourth-order valence-electron chi connectivity index (χ4n) is 2.17. The van der Waals surface area contributed by atoms with Crippen molar-refractivity contribution in [1.29, 1.82) is 0 Å². The van der Waals surface area contributed by atoms with Crippen LogP contribution in [-0.4, -0.2) is 6.04 Å². The first kappa shape index (κ1) is 14.1. The summed E-state index contributed by atoms with van der Waals surface area (Å²) in [5.74, 6) is 0. The van der Waals surface area contributed by atoms with Crippen LogP contribution in [0.5, 0.6) is 0 Å². The number of nitrogens with one attached hydrogen (secondary N) is 1. The summed E-state index contributed by atoms with van der Waals surface area (Å²) in [5.41, 5.74) is 3.92. The maximum absolute atomic E-state index is 3.57. The molecular formula is C17H20BrN. The van der Waals surface area contributed by atoms with Crippen molar-refractivity contribution in [2.24, 2.45) is 0 Å². The Kier molecular flexibility index (Phi) is 5.03. The van der Waals surface area contributed by atoms with Crippen molar-refractivity contribution in [3.8, 4) is 0 Å². The third-order valence-electron chi connectivity index (χ3n) is 3.22. The second kappa shape index (κ2) is 6.76. The summed E-state index contributed by atoms with van der Waals surface area (Å²) < 4.78 is 1.12. The van der Waals surface area contributed by atoms with E-state index in [1.54, 1.807) is 0 Å². The molecule has 19 heavy (non-hydrogen) atoms. The van der Waals surface area contributed by atoms with E-state index >= 15 is 0 Å². The van der Waals surface area contributed by atoms with E-state index in [4.69, 9.17) is 0 Å². The molecule has 0 spiro atoms. The van der Waals surface area contributed by atoms with Gasteiger partial charge in [-0.15, -0.1) is 0 Å². The molecule has 2 aromatic carbocycles. The Labute approximate surface area is 124 Å². The van der Waals surface area contributed by atoms with Gasteiger partial charge in [0.25, 0.3) is 0 Å². The van der Waals surface area contributed by atoms with E-state index in [1.807, 2.05) is 6.07 Å². The van der Waals surface area contributed by atoms with Crippen LogP contribution in [0.15, 0.2) is 53.0 Å². The summed E-state index contributed by atoms with van der Waals surface area (Å²) in [6.45, 7) is 4.38. The third kappa shape index (κ3) is 4.39. The van der Waals surface area contributed by atoms with Crippen molar-refractivity contribution < 1.29 is 0 Å². The second-order valence-corrected chi connectivity index (χ2v) is 5.91. The molecule has 1 unspecified atom stereocenters. The number of para-hydroxylation sites is 1. The molecule has 0 aliphatic rings. The molecule has 2 aromatic rings. The van der Waals surface area contributed by atoms with Gasteiger partial charge in [0.2, 0.25) is 0 Å². The molecule has 100 valence electrons. The van der Waals surface area contributed by atoms with Crippen LogP contribution < -0.4 is 5.32 Å². The predicted octanol–water partition coefficient (Wildman–Crippen LogP) is 5.19. The molecule has 0 radical (unpaired) electrons. The molecule has 1 nitrogen and oxygen atoms in total. The van der Waals surface area contributed by atoms with Crippen LogP contribution in [0.4, 0.5) is 5.69 Å². The molecule has 0 aromatic heterocycles. The smallest absolute Gasteiger partial charge is 0.0486 e. The van der Waals surface area contributed by atoms with Gasteiger partial charge < -0.3 is 5.32 Å². The molecule has 2 heteroatoms. The standard InChI is InChI=1S/C17H20BrN/c1-13-6-5-7-15(12-13)11-10-14(2)19-17-9-4-3-8-16(17)18/h3-9,12,14,19H,10-11H2,1-2H3. The van der Waals surface area contributed by atoms with Crippen molar-refractivity contribution in [2.45, 2.75) is 32.7 Å². The van der Waals surface area contributed by atoms with Crippen molar-refractivity contribution in [1.82, 2.24) is 0 Å². The van der Waals surface area contributed by atoms with E-state index in [-0.39, 0.29) is 0 Å². The highest BCUT2D eigenvalue weighted by Crippen LogP contribution is 2.22. The van der Waals surface area contributed by atoms with Gasteiger partial charge in [-0.25, -0.2) is 0 Å². The van der Waals surface area contributed by atoms with Crippen LogP contribution in [0.1, 0.15) is 24.5 Å². The lowest BCUT2D eigenvalue weighted by Crippen LogP contribution is -2.16. The molecular weight excluding hydrogens is 298 g/mol. The summed E-state index contributed by atoms with van der Waals surface area (Å²) in [6.07, 6.45) is 2.24. The monoisotopic (exact) mass is 317 g/mol.